The van der Waals surface area contributed by atoms with Crippen LogP contribution in [-0.4, -0.2) is 69.6 Å². The van der Waals surface area contributed by atoms with Crippen LogP contribution in [0.3, 0.4) is 0 Å². The molecule has 0 aromatic heterocycles. The number of benzene rings is 1. The van der Waals surface area contributed by atoms with E-state index in [-0.39, 0.29) is 6.54 Å². The van der Waals surface area contributed by atoms with Crippen molar-refractivity contribution >= 4 is 0 Å². The second kappa shape index (κ2) is 9.02. The lowest BCUT2D eigenvalue weighted by atomic mass is 10.0. The van der Waals surface area contributed by atoms with Crippen LogP contribution in [0.1, 0.15) is 5.56 Å². The number of aliphatic hydroxyl groups excluding tert-OH is 5. The minimum atomic E-state index is -1.58. The summed E-state index contributed by atoms with van der Waals surface area (Å²) in [5, 5.41) is 49.5. The summed E-state index contributed by atoms with van der Waals surface area (Å²) >= 11 is 0. The van der Waals surface area contributed by atoms with E-state index in [9.17, 15) is 20.4 Å². The van der Waals surface area contributed by atoms with E-state index >= 15 is 0 Å². The summed E-state index contributed by atoms with van der Waals surface area (Å²) in [5.74, 6) is 0. The smallest absolute Gasteiger partial charge is 0.111 e. The fraction of sp³-hybridized carbons (Fsp3) is 0.571. The van der Waals surface area contributed by atoms with E-state index in [0.29, 0.717) is 6.54 Å². The molecule has 0 radical (unpaired) electrons. The first-order chi connectivity index (χ1) is 9.56. The maximum absolute atomic E-state index is 9.66. The van der Waals surface area contributed by atoms with Gasteiger partial charge in [-0.15, -0.1) is 0 Å². The topological polar surface area (TPSA) is 113 Å². The van der Waals surface area contributed by atoms with Gasteiger partial charge in [0.25, 0.3) is 0 Å². The molecular weight excluding hydrogens is 262 g/mol. The van der Waals surface area contributed by atoms with Crippen LogP contribution in [0.4, 0.5) is 0 Å². The first kappa shape index (κ1) is 17.0. The Morgan fingerprint density at radius 1 is 0.900 bits per heavy atom. The SMILES string of the molecule is OC[C@@H](O)[C@@H](O)[C@H](O)[C@@H](O)CNCCc1ccccc1. The largest absolute Gasteiger partial charge is 0.394 e. The molecule has 0 heterocycles. The van der Waals surface area contributed by atoms with Crippen LogP contribution in [0.5, 0.6) is 0 Å². The van der Waals surface area contributed by atoms with Crippen LogP contribution in [0.25, 0.3) is 0 Å². The molecule has 0 saturated heterocycles. The molecular formula is C14H23NO5. The Bertz CT molecular complexity index is 362. The van der Waals surface area contributed by atoms with Gasteiger partial charge in [-0.25, -0.2) is 0 Å². The van der Waals surface area contributed by atoms with Gasteiger partial charge in [-0.05, 0) is 18.5 Å². The Morgan fingerprint density at radius 3 is 2.10 bits per heavy atom. The van der Waals surface area contributed by atoms with Gasteiger partial charge in [-0.1, -0.05) is 30.3 Å². The van der Waals surface area contributed by atoms with Crippen molar-refractivity contribution in [3.05, 3.63) is 35.9 Å². The van der Waals surface area contributed by atoms with Crippen LogP contribution < -0.4 is 5.32 Å². The Kier molecular flexibility index (Phi) is 7.68. The van der Waals surface area contributed by atoms with Crippen molar-refractivity contribution in [3.63, 3.8) is 0 Å². The van der Waals surface area contributed by atoms with Gasteiger partial charge in [0.2, 0.25) is 0 Å². The summed E-state index contributed by atoms with van der Waals surface area (Å²) in [7, 11) is 0. The maximum atomic E-state index is 9.66. The molecule has 0 bridgehead atoms. The fourth-order valence-electron chi connectivity index (χ4n) is 1.81. The zero-order chi connectivity index (χ0) is 15.0. The summed E-state index contributed by atoms with van der Waals surface area (Å²) in [6.45, 7) is 0.0298. The quantitative estimate of drug-likeness (QED) is 0.300. The monoisotopic (exact) mass is 285 g/mol. The van der Waals surface area contributed by atoms with E-state index in [0.717, 1.165) is 12.0 Å². The average Bonchev–Trinajstić information content (AvgIpc) is 2.50. The first-order valence-corrected chi connectivity index (χ1v) is 6.64. The van der Waals surface area contributed by atoms with Crippen molar-refractivity contribution in [2.24, 2.45) is 0 Å². The Hall–Kier alpha value is -1.02. The predicted molar refractivity (Wildman–Crippen MR) is 74.1 cm³/mol. The third kappa shape index (κ3) is 5.54. The third-order valence-electron chi connectivity index (χ3n) is 3.11. The van der Waals surface area contributed by atoms with Gasteiger partial charge in [0.15, 0.2) is 0 Å². The number of nitrogens with one attached hydrogen (secondary N) is 1. The lowest BCUT2D eigenvalue weighted by Crippen LogP contribution is -2.49. The third-order valence-corrected chi connectivity index (χ3v) is 3.11. The molecule has 1 rings (SSSR count). The fourth-order valence-corrected chi connectivity index (χ4v) is 1.81. The van der Waals surface area contributed by atoms with Crippen LogP contribution in [0.2, 0.25) is 0 Å². The molecule has 0 aliphatic rings. The number of aliphatic hydroxyl groups is 5. The van der Waals surface area contributed by atoms with E-state index in [1.165, 1.54) is 0 Å². The van der Waals surface area contributed by atoms with Gasteiger partial charge in [0.05, 0.1) is 12.7 Å². The molecule has 4 atom stereocenters. The molecule has 0 fully saturated rings. The van der Waals surface area contributed by atoms with Gasteiger partial charge in [-0.2, -0.15) is 0 Å². The predicted octanol–water partition coefficient (Wildman–Crippen LogP) is -1.75. The van der Waals surface area contributed by atoms with Crippen molar-refractivity contribution in [1.82, 2.24) is 5.32 Å². The molecule has 20 heavy (non-hydrogen) atoms. The molecule has 0 aliphatic heterocycles. The number of hydrogen-bond acceptors (Lipinski definition) is 6. The van der Waals surface area contributed by atoms with E-state index in [1.807, 2.05) is 30.3 Å². The standard InChI is InChI=1S/C14H23NO5/c16-9-12(18)14(20)13(19)11(17)8-15-7-6-10-4-2-1-3-5-10/h1-5,11-20H,6-9H2/t11-,12+,13+,14+/m0/s1. The molecule has 6 heteroatoms. The molecule has 1 aromatic carbocycles. The van der Waals surface area contributed by atoms with E-state index < -0.39 is 31.0 Å². The zero-order valence-electron chi connectivity index (χ0n) is 11.3. The van der Waals surface area contributed by atoms with Gasteiger partial charge in [-0.3, -0.25) is 0 Å². The molecule has 0 unspecified atom stereocenters. The van der Waals surface area contributed by atoms with Crippen molar-refractivity contribution in [2.75, 3.05) is 19.7 Å². The highest BCUT2D eigenvalue weighted by atomic mass is 16.4. The summed E-state index contributed by atoms with van der Waals surface area (Å²) in [6.07, 6.45) is -5.00. The molecule has 0 saturated carbocycles. The van der Waals surface area contributed by atoms with Crippen LogP contribution in [0, 0.1) is 0 Å². The molecule has 0 spiro atoms. The van der Waals surface area contributed by atoms with Gasteiger partial charge in [0.1, 0.15) is 18.3 Å². The average molecular weight is 285 g/mol. The molecule has 6 N–H and O–H groups in total. The number of hydrogen-bond donors (Lipinski definition) is 6. The highest BCUT2D eigenvalue weighted by Gasteiger charge is 2.29. The molecule has 1 aromatic rings. The summed E-state index contributed by atoms with van der Waals surface area (Å²) in [5.41, 5.74) is 1.16. The van der Waals surface area contributed by atoms with Crippen LogP contribution in [-0.2, 0) is 6.42 Å². The molecule has 114 valence electrons. The lowest BCUT2D eigenvalue weighted by Gasteiger charge is -2.25. The van der Waals surface area contributed by atoms with Gasteiger partial charge < -0.3 is 30.8 Å². The first-order valence-electron chi connectivity index (χ1n) is 6.64. The van der Waals surface area contributed by atoms with Gasteiger partial charge >= 0.3 is 0 Å². The second-order valence-electron chi connectivity index (χ2n) is 4.74. The van der Waals surface area contributed by atoms with Gasteiger partial charge in [0, 0.05) is 6.54 Å². The summed E-state index contributed by atoms with van der Waals surface area (Å²) < 4.78 is 0. The second-order valence-corrected chi connectivity index (χ2v) is 4.74. The van der Waals surface area contributed by atoms with Crippen molar-refractivity contribution in [1.29, 1.82) is 0 Å². The highest BCUT2D eigenvalue weighted by Crippen LogP contribution is 2.04. The lowest BCUT2D eigenvalue weighted by molar-refractivity contribution is -0.113. The van der Waals surface area contributed by atoms with Crippen LogP contribution >= 0.6 is 0 Å². The van der Waals surface area contributed by atoms with Crippen molar-refractivity contribution < 1.29 is 25.5 Å². The van der Waals surface area contributed by atoms with Crippen LogP contribution in [0.15, 0.2) is 30.3 Å². The van der Waals surface area contributed by atoms with E-state index in [1.54, 1.807) is 0 Å². The summed E-state index contributed by atoms with van der Waals surface area (Å²) in [4.78, 5) is 0. The normalized spacial score (nSPS) is 17.4. The summed E-state index contributed by atoms with van der Waals surface area (Å²) in [6, 6.07) is 9.81. The minimum Gasteiger partial charge on any atom is -0.394 e. The molecule has 0 amide bonds. The highest BCUT2D eigenvalue weighted by molar-refractivity contribution is 5.14. The van der Waals surface area contributed by atoms with E-state index in [4.69, 9.17) is 5.11 Å². The Balaban J connectivity index is 2.24. The minimum absolute atomic E-state index is 0.0865. The molecule has 0 aliphatic carbocycles. The van der Waals surface area contributed by atoms with Crippen molar-refractivity contribution in [3.8, 4) is 0 Å². The van der Waals surface area contributed by atoms with E-state index in [2.05, 4.69) is 5.32 Å². The van der Waals surface area contributed by atoms with Crippen molar-refractivity contribution in [2.45, 2.75) is 30.8 Å². The maximum Gasteiger partial charge on any atom is 0.111 e. The zero-order valence-corrected chi connectivity index (χ0v) is 11.3. The Labute approximate surface area is 118 Å². The number of rotatable bonds is 9. The molecule has 6 nitrogen and oxygen atoms in total. The Morgan fingerprint density at radius 2 is 1.50 bits per heavy atom.